The molecule has 0 aliphatic rings. The Hall–Kier alpha value is -1.92. The molecule has 0 radical (unpaired) electrons. The van der Waals surface area contributed by atoms with Crippen LogP contribution in [0.3, 0.4) is 0 Å². The van der Waals surface area contributed by atoms with Crippen molar-refractivity contribution in [3.63, 3.8) is 0 Å². The number of nitrogens with zero attached hydrogens (tertiary/aromatic N) is 3. The van der Waals surface area contributed by atoms with Crippen molar-refractivity contribution in [2.45, 2.75) is 10.8 Å². The van der Waals surface area contributed by atoms with Crippen molar-refractivity contribution in [2.24, 2.45) is 0 Å². The fourth-order valence-electron chi connectivity index (χ4n) is 2.16. The van der Waals surface area contributed by atoms with Crippen molar-refractivity contribution in [3.05, 3.63) is 48.4 Å². The number of halogens is 1. The van der Waals surface area contributed by atoms with Gasteiger partial charge in [0.2, 0.25) is 0 Å². The van der Waals surface area contributed by atoms with Crippen LogP contribution in [0.15, 0.2) is 47.5 Å². The Morgan fingerprint density at radius 3 is 2.52 bits per heavy atom. The molecule has 21 heavy (non-hydrogen) atoms. The summed E-state index contributed by atoms with van der Waals surface area (Å²) in [4.78, 5) is 9.02. The predicted octanol–water partition coefficient (Wildman–Crippen LogP) is 2.56. The highest BCUT2D eigenvalue weighted by molar-refractivity contribution is 7.90. The Bertz CT molecular complexity index is 902. The Morgan fingerprint density at radius 2 is 1.90 bits per heavy atom. The summed E-state index contributed by atoms with van der Waals surface area (Å²) in [5.41, 5.74) is 2.22. The Morgan fingerprint density at radius 1 is 1.19 bits per heavy atom. The first kappa shape index (κ1) is 14.0. The van der Waals surface area contributed by atoms with Crippen LogP contribution in [0.25, 0.3) is 16.9 Å². The molecule has 0 bridgehead atoms. The van der Waals surface area contributed by atoms with E-state index in [1.165, 1.54) is 6.26 Å². The maximum atomic E-state index is 11.5. The molecule has 0 fully saturated rings. The van der Waals surface area contributed by atoms with Crippen molar-refractivity contribution in [1.29, 1.82) is 0 Å². The summed E-state index contributed by atoms with van der Waals surface area (Å²) >= 11 is 5.95. The number of rotatable bonds is 3. The Balaban J connectivity index is 2.20. The van der Waals surface area contributed by atoms with E-state index < -0.39 is 9.84 Å². The van der Waals surface area contributed by atoms with Crippen LogP contribution in [0.1, 0.15) is 5.82 Å². The van der Waals surface area contributed by atoms with E-state index in [9.17, 15) is 8.42 Å². The minimum Gasteiger partial charge on any atom is -0.280 e. The lowest BCUT2D eigenvalue weighted by Crippen LogP contribution is -2.02. The topological polar surface area (TPSA) is 64.8 Å². The highest BCUT2D eigenvalue weighted by atomic mass is 35.5. The molecule has 0 aliphatic carbocycles. The maximum Gasteiger partial charge on any atom is 0.175 e. The molecule has 3 aromatic rings. The normalized spacial score (nSPS) is 11.9. The van der Waals surface area contributed by atoms with Gasteiger partial charge in [0.15, 0.2) is 15.5 Å². The molecule has 2 heterocycles. The van der Waals surface area contributed by atoms with E-state index in [0.717, 1.165) is 11.2 Å². The third kappa shape index (κ3) is 2.52. The SMILES string of the molecule is CS(=O)(=O)c1ccc(-n2c(CCl)nc3cccnc32)cc1. The van der Waals surface area contributed by atoms with Gasteiger partial charge in [0.05, 0.1) is 10.8 Å². The zero-order valence-electron chi connectivity index (χ0n) is 11.2. The monoisotopic (exact) mass is 321 g/mol. The average molecular weight is 322 g/mol. The molecule has 0 saturated carbocycles. The maximum absolute atomic E-state index is 11.5. The summed E-state index contributed by atoms with van der Waals surface area (Å²) in [6.07, 6.45) is 2.86. The summed E-state index contributed by atoms with van der Waals surface area (Å²) in [5, 5.41) is 0. The number of aromatic nitrogens is 3. The molecule has 1 aromatic carbocycles. The van der Waals surface area contributed by atoms with Gasteiger partial charge in [-0.25, -0.2) is 18.4 Å². The van der Waals surface area contributed by atoms with Gasteiger partial charge in [-0.2, -0.15) is 0 Å². The quantitative estimate of drug-likeness (QED) is 0.695. The number of sulfone groups is 1. The van der Waals surface area contributed by atoms with E-state index in [4.69, 9.17) is 11.6 Å². The second-order valence-electron chi connectivity index (χ2n) is 4.61. The van der Waals surface area contributed by atoms with Crippen molar-refractivity contribution in [3.8, 4) is 5.69 Å². The van der Waals surface area contributed by atoms with Gasteiger partial charge in [-0.3, -0.25) is 4.57 Å². The Labute approximate surface area is 127 Å². The zero-order chi connectivity index (χ0) is 15.0. The van der Waals surface area contributed by atoms with Crippen LogP contribution in [-0.2, 0) is 15.7 Å². The van der Waals surface area contributed by atoms with Crippen LogP contribution < -0.4 is 0 Å². The first-order valence-corrected chi connectivity index (χ1v) is 8.62. The number of alkyl halides is 1. The van der Waals surface area contributed by atoms with Crippen LogP contribution in [-0.4, -0.2) is 29.2 Å². The standard InChI is InChI=1S/C14H12ClN3O2S/c1-21(19,20)11-6-4-10(5-7-11)18-13(9-15)17-12-3-2-8-16-14(12)18/h2-8H,9H2,1H3. The number of imidazole rings is 1. The largest absolute Gasteiger partial charge is 0.280 e. The van der Waals surface area contributed by atoms with E-state index in [1.807, 2.05) is 16.7 Å². The van der Waals surface area contributed by atoms with Gasteiger partial charge in [-0.1, -0.05) is 0 Å². The molecule has 0 N–H and O–H groups in total. The van der Waals surface area contributed by atoms with E-state index in [2.05, 4.69) is 9.97 Å². The summed E-state index contributed by atoms with van der Waals surface area (Å²) < 4.78 is 24.9. The van der Waals surface area contributed by atoms with Gasteiger partial charge in [0, 0.05) is 18.1 Å². The molecule has 7 heteroatoms. The van der Waals surface area contributed by atoms with Crippen LogP contribution >= 0.6 is 11.6 Å². The van der Waals surface area contributed by atoms with E-state index in [-0.39, 0.29) is 10.8 Å². The summed E-state index contributed by atoms with van der Waals surface area (Å²) in [6.45, 7) is 0. The molecule has 0 spiro atoms. The molecule has 5 nitrogen and oxygen atoms in total. The zero-order valence-corrected chi connectivity index (χ0v) is 12.8. The molecule has 2 aromatic heterocycles. The average Bonchev–Trinajstić information content (AvgIpc) is 2.85. The summed E-state index contributed by atoms with van der Waals surface area (Å²) in [7, 11) is -3.21. The van der Waals surface area contributed by atoms with Crippen molar-refractivity contribution >= 4 is 32.6 Å². The van der Waals surface area contributed by atoms with Gasteiger partial charge in [0.1, 0.15) is 11.3 Å². The van der Waals surface area contributed by atoms with Gasteiger partial charge in [-0.15, -0.1) is 11.6 Å². The number of hydrogen-bond acceptors (Lipinski definition) is 4. The molecule has 0 saturated heterocycles. The number of benzene rings is 1. The van der Waals surface area contributed by atoms with Crippen LogP contribution in [0, 0.1) is 0 Å². The lowest BCUT2D eigenvalue weighted by molar-refractivity contribution is 0.602. The Kier molecular flexibility index (Phi) is 3.43. The minimum absolute atomic E-state index is 0.240. The lowest BCUT2D eigenvalue weighted by atomic mass is 10.3. The summed E-state index contributed by atoms with van der Waals surface area (Å²) in [5.74, 6) is 0.905. The highest BCUT2D eigenvalue weighted by Crippen LogP contribution is 2.22. The number of hydrogen-bond donors (Lipinski definition) is 0. The third-order valence-corrected chi connectivity index (χ3v) is 4.50. The van der Waals surface area contributed by atoms with Crippen LogP contribution in [0.4, 0.5) is 0 Å². The smallest absolute Gasteiger partial charge is 0.175 e. The summed E-state index contributed by atoms with van der Waals surface area (Å²) in [6, 6.07) is 10.3. The van der Waals surface area contributed by atoms with Crippen molar-refractivity contribution < 1.29 is 8.42 Å². The first-order chi connectivity index (χ1) is 10.0. The predicted molar refractivity (Wildman–Crippen MR) is 81.5 cm³/mol. The second kappa shape index (κ2) is 5.13. The molecule has 0 atom stereocenters. The molecular formula is C14H12ClN3O2S. The third-order valence-electron chi connectivity index (χ3n) is 3.13. The molecule has 0 aliphatic heterocycles. The molecule has 3 rings (SSSR count). The molecule has 0 unspecified atom stereocenters. The van der Waals surface area contributed by atoms with Crippen molar-refractivity contribution in [1.82, 2.24) is 14.5 Å². The second-order valence-corrected chi connectivity index (χ2v) is 6.89. The fraction of sp³-hybridized carbons (Fsp3) is 0.143. The molecule has 0 amide bonds. The lowest BCUT2D eigenvalue weighted by Gasteiger charge is -2.07. The van der Waals surface area contributed by atoms with Gasteiger partial charge in [0.25, 0.3) is 0 Å². The molecular weight excluding hydrogens is 310 g/mol. The van der Waals surface area contributed by atoms with Crippen molar-refractivity contribution in [2.75, 3.05) is 6.26 Å². The van der Waals surface area contributed by atoms with Gasteiger partial charge < -0.3 is 0 Å². The number of fused-ring (bicyclic) bond motifs is 1. The van der Waals surface area contributed by atoms with E-state index in [0.29, 0.717) is 11.5 Å². The number of pyridine rings is 1. The molecule has 108 valence electrons. The van der Waals surface area contributed by atoms with Crippen LogP contribution in [0.5, 0.6) is 0 Å². The van der Waals surface area contributed by atoms with Crippen LogP contribution in [0.2, 0.25) is 0 Å². The fourth-order valence-corrected chi connectivity index (χ4v) is 2.97. The van der Waals surface area contributed by atoms with Gasteiger partial charge >= 0.3 is 0 Å². The van der Waals surface area contributed by atoms with E-state index >= 15 is 0 Å². The minimum atomic E-state index is -3.21. The first-order valence-electron chi connectivity index (χ1n) is 6.19. The van der Waals surface area contributed by atoms with E-state index in [1.54, 1.807) is 30.5 Å². The highest BCUT2D eigenvalue weighted by Gasteiger charge is 2.13. The van der Waals surface area contributed by atoms with Gasteiger partial charge in [-0.05, 0) is 36.4 Å².